The molecule has 26 heavy (non-hydrogen) atoms. The topological polar surface area (TPSA) is 95.1 Å². The van der Waals surface area contributed by atoms with Crippen LogP contribution >= 0.6 is 0 Å². The smallest absolute Gasteiger partial charge is 0.262 e. The van der Waals surface area contributed by atoms with Gasteiger partial charge in [0.05, 0.1) is 7.11 Å². The molecule has 0 fully saturated rings. The van der Waals surface area contributed by atoms with Crippen molar-refractivity contribution in [2.75, 3.05) is 19.0 Å². The molecule has 0 spiro atoms. The van der Waals surface area contributed by atoms with Crippen LogP contribution in [0.25, 0.3) is 6.08 Å². The van der Waals surface area contributed by atoms with E-state index in [2.05, 4.69) is 5.32 Å². The van der Waals surface area contributed by atoms with Gasteiger partial charge in [0.15, 0.2) is 18.1 Å². The van der Waals surface area contributed by atoms with Gasteiger partial charge in [-0.15, -0.1) is 0 Å². The van der Waals surface area contributed by atoms with E-state index in [-0.39, 0.29) is 18.1 Å². The highest BCUT2D eigenvalue weighted by atomic mass is 16.5. The predicted octanol–water partition coefficient (Wildman–Crippen LogP) is 3.45. The Morgan fingerprint density at radius 3 is 2.58 bits per heavy atom. The fourth-order valence-electron chi connectivity index (χ4n) is 2.21. The quantitative estimate of drug-likeness (QED) is 0.808. The Balaban J connectivity index is 2.05. The number of carbonyl (C=O) groups is 1. The maximum atomic E-state index is 12.0. The van der Waals surface area contributed by atoms with Gasteiger partial charge < -0.3 is 14.8 Å². The zero-order chi connectivity index (χ0) is 18.9. The Hall–Kier alpha value is -3.77. The fraction of sp³-hybridized carbons (Fsp3) is 0.150. The molecule has 0 saturated heterocycles. The van der Waals surface area contributed by atoms with Crippen molar-refractivity contribution in [2.45, 2.75) is 6.92 Å². The number of carbonyl (C=O) groups excluding carboxylic acids is 1. The van der Waals surface area contributed by atoms with E-state index in [1.54, 1.807) is 36.4 Å². The number of amides is 1. The third kappa shape index (κ3) is 5.12. The molecule has 6 heteroatoms. The number of nitriles is 2. The molecule has 2 aromatic carbocycles. The van der Waals surface area contributed by atoms with Gasteiger partial charge in [-0.2, -0.15) is 10.5 Å². The Kier molecular flexibility index (Phi) is 6.36. The largest absolute Gasteiger partial charge is 0.493 e. The zero-order valence-corrected chi connectivity index (χ0v) is 14.4. The van der Waals surface area contributed by atoms with Gasteiger partial charge in [-0.05, 0) is 48.4 Å². The van der Waals surface area contributed by atoms with Crippen LogP contribution in [0, 0.1) is 29.6 Å². The summed E-state index contributed by atoms with van der Waals surface area (Å²) < 4.78 is 10.8. The predicted molar refractivity (Wildman–Crippen MR) is 97.5 cm³/mol. The van der Waals surface area contributed by atoms with E-state index in [1.807, 2.05) is 25.1 Å². The van der Waals surface area contributed by atoms with Crippen molar-refractivity contribution in [3.05, 3.63) is 59.2 Å². The number of benzene rings is 2. The molecule has 0 radical (unpaired) electrons. The number of ether oxygens (including phenoxy) is 2. The van der Waals surface area contributed by atoms with E-state index in [1.165, 1.54) is 13.2 Å². The minimum absolute atomic E-state index is 0.0155. The first-order valence-electron chi connectivity index (χ1n) is 7.75. The van der Waals surface area contributed by atoms with Crippen molar-refractivity contribution < 1.29 is 14.3 Å². The van der Waals surface area contributed by atoms with E-state index in [0.717, 1.165) is 5.56 Å². The molecule has 0 atom stereocenters. The first-order valence-corrected chi connectivity index (χ1v) is 7.75. The van der Waals surface area contributed by atoms with E-state index in [4.69, 9.17) is 20.0 Å². The summed E-state index contributed by atoms with van der Waals surface area (Å²) in [6.45, 7) is 1.76. The molecule has 0 aliphatic heterocycles. The highest BCUT2D eigenvalue weighted by Crippen LogP contribution is 2.29. The number of anilines is 1. The molecule has 0 aromatic heterocycles. The number of hydrogen-bond donors (Lipinski definition) is 1. The maximum Gasteiger partial charge on any atom is 0.262 e. The van der Waals surface area contributed by atoms with Gasteiger partial charge >= 0.3 is 0 Å². The third-order valence-electron chi connectivity index (χ3n) is 3.40. The van der Waals surface area contributed by atoms with Gasteiger partial charge in [0.25, 0.3) is 5.91 Å². The zero-order valence-electron chi connectivity index (χ0n) is 14.4. The van der Waals surface area contributed by atoms with Gasteiger partial charge in [0, 0.05) is 5.69 Å². The van der Waals surface area contributed by atoms with Crippen molar-refractivity contribution in [3.8, 4) is 23.6 Å². The lowest BCUT2D eigenvalue weighted by Crippen LogP contribution is -2.20. The van der Waals surface area contributed by atoms with Gasteiger partial charge in [-0.3, -0.25) is 4.79 Å². The first kappa shape index (κ1) is 18.6. The second-order valence-corrected chi connectivity index (χ2v) is 5.40. The molecule has 1 amide bonds. The lowest BCUT2D eigenvalue weighted by Gasteiger charge is -2.11. The summed E-state index contributed by atoms with van der Waals surface area (Å²) in [6.07, 6.45) is 1.44. The van der Waals surface area contributed by atoms with Gasteiger partial charge in [0.2, 0.25) is 0 Å². The van der Waals surface area contributed by atoms with Crippen molar-refractivity contribution in [3.63, 3.8) is 0 Å². The molecule has 0 unspecified atom stereocenters. The Bertz CT molecular complexity index is 905. The number of nitrogens with zero attached hydrogens (tertiary/aromatic N) is 2. The van der Waals surface area contributed by atoms with Gasteiger partial charge in [-0.25, -0.2) is 0 Å². The van der Waals surface area contributed by atoms with Crippen LogP contribution in [0.1, 0.15) is 11.1 Å². The maximum absolute atomic E-state index is 12.0. The van der Waals surface area contributed by atoms with Gasteiger partial charge in [-0.1, -0.05) is 18.2 Å². The van der Waals surface area contributed by atoms with E-state index < -0.39 is 0 Å². The average Bonchev–Trinajstić information content (AvgIpc) is 2.64. The molecular weight excluding hydrogens is 330 g/mol. The summed E-state index contributed by atoms with van der Waals surface area (Å²) in [5.41, 5.74) is 2.35. The molecule has 130 valence electrons. The van der Waals surface area contributed by atoms with Crippen LogP contribution in [-0.2, 0) is 4.79 Å². The van der Waals surface area contributed by atoms with Crippen LogP contribution in [0.4, 0.5) is 5.69 Å². The molecule has 1 N–H and O–H groups in total. The summed E-state index contributed by atoms with van der Waals surface area (Å²) in [5.74, 6) is 0.495. The van der Waals surface area contributed by atoms with Crippen LogP contribution in [0.5, 0.6) is 11.5 Å². The summed E-state index contributed by atoms with van der Waals surface area (Å²) >= 11 is 0. The van der Waals surface area contributed by atoms with Crippen molar-refractivity contribution in [1.29, 1.82) is 10.5 Å². The number of nitrogens with one attached hydrogen (secondary N) is 1. The number of aryl methyl sites for hydroxylation is 1. The fourth-order valence-corrected chi connectivity index (χ4v) is 2.21. The summed E-state index contributed by atoms with van der Waals surface area (Å²) in [7, 11) is 1.47. The van der Waals surface area contributed by atoms with Crippen LogP contribution in [0.15, 0.2) is 48.0 Å². The van der Waals surface area contributed by atoms with Crippen LogP contribution in [0.3, 0.4) is 0 Å². The van der Waals surface area contributed by atoms with Crippen molar-refractivity contribution in [2.24, 2.45) is 0 Å². The molecule has 0 aliphatic rings. The minimum Gasteiger partial charge on any atom is -0.493 e. The third-order valence-corrected chi connectivity index (χ3v) is 3.40. The SMILES string of the molecule is COc1cc(C=C(C#N)C#N)ccc1OCC(=O)Nc1cccc(C)c1. The summed E-state index contributed by atoms with van der Waals surface area (Å²) in [4.78, 5) is 12.0. The molecule has 2 aromatic rings. The Morgan fingerprint density at radius 1 is 1.15 bits per heavy atom. The number of rotatable bonds is 6. The van der Waals surface area contributed by atoms with E-state index >= 15 is 0 Å². The highest BCUT2D eigenvalue weighted by Gasteiger charge is 2.09. The van der Waals surface area contributed by atoms with Crippen LogP contribution in [-0.4, -0.2) is 19.6 Å². The molecule has 0 aliphatic carbocycles. The number of hydrogen-bond acceptors (Lipinski definition) is 5. The average molecular weight is 347 g/mol. The van der Waals surface area contributed by atoms with Gasteiger partial charge in [0.1, 0.15) is 17.7 Å². The normalized spacial score (nSPS) is 9.38. The van der Waals surface area contributed by atoms with Crippen molar-refractivity contribution >= 4 is 17.7 Å². The summed E-state index contributed by atoms with van der Waals surface area (Å²) in [6, 6.07) is 16.0. The minimum atomic E-state index is -0.294. The van der Waals surface area contributed by atoms with Crippen LogP contribution < -0.4 is 14.8 Å². The standard InChI is InChI=1S/C20H17N3O3/c1-14-4-3-5-17(8-14)23-20(24)13-26-18-7-6-15(10-19(18)25-2)9-16(11-21)12-22/h3-10H,13H2,1-2H3,(H,23,24). The second kappa shape index (κ2) is 8.91. The summed E-state index contributed by atoms with van der Waals surface area (Å²) in [5, 5.41) is 20.4. The molecular formula is C20H17N3O3. The second-order valence-electron chi connectivity index (χ2n) is 5.40. The molecule has 0 heterocycles. The lowest BCUT2D eigenvalue weighted by molar-refractivity contribution is -0.118. The first-order chi connectivity index (χ1) is 12.5. The van der Waals surface area contributed by atoms with E-state index in [0.29, 0.717) is 22.7 Å². The molecule has 6 nitrogen and oxygen atoms in total. The molecule has 0 bridgehead atoms. The molecule has 0 saturated carbocycles. The molecule has 2 rings (SSSR count). The highest BCUT2D eigenvalue weighted by molar-refractivity contribution is 5.92. The number of methoxy groups -OCH3 is 1. The van der Waals surface area contributed by atoms with E-state index in [9.17, 15) is 4.79 Å². The monoisotopic (exact) mass is 347 g/mol. The van der Waals surface area contributed by atoms with Crippen LogP contribution in [0.2, 0.25) is 0 Å². The lowest BCUT2D eigenvalue weighted by atomic mass is 10.1. The van der Waals surface area contributed by atoms with Crippen molar-refractivity contribution in [1.82, 2.24) is 0 Å². The number of allylic oxidation sites excluding steroid dienone is 1. The Labute approximate surface area is 151 Å². The Morgan fingerprint density at radius 2 is 1.92 bits per heavy atom.